The highest BCUT2D eigenvalue weighted by Crippen LogP contribution is 2.28. The molecule has 0 aliphatic heterocycles. The molecule has 0 spiro atoms. The fourth-order valence-corrected chi connectivity index (χ4v) is 2.69. The first-order chi connectivity index (χ1) is 12.1. The van der Waals surface area contributed by atoms with E-state index in [4.69, 9.17) is 4.74 Å². The molecule has 0 saturated carbocycles. The molecule has 1 N–H and O–H groups in total. The summed E-state index contributed by atoms with van der Waals surface area (Å²) in [7, 11) is 5.66. The molecule has 2 aromatic carbocycles. The van der Waals surface area contributed by atoms with Crippen molar-refractivity contribution >= 4 is 22.5 Å². The number of aromatic nitrogens is 2. The number of anilines is 1. The molecular formula is C19H22N4O2. The van der Waals surface area contributed by atoms with Crippen LogP contribution in [0.5, 0.6) is 5.75 Å². The predicted molar refractivity (Wildman–Crippen MR) is 99.2 cm³/mol. The summed E-state index contributed by atoms with van der Waals surface area (Å²) in [5, 5.41) is 9.03. The number of amides is 1. The molecule has 0 atom stereocenters. The number of hydrogen-bond donors (Lipinski definition) is 1. The molecule has 0 aliphatic rings. The van der Waals surface area contributed by atoms with Crippen LogP contribution in [0.15, 0.2) is 48.7 Å². The van der Waals surface area contributed by atoms with Gasteiger partial charge in [0.25, 0.3) is 5.91 Å². The van der Waals surface area contributed by atoms with Crippen LogP contribution in [0.4, 0.5) is 5.82 Å². The highest BCUT2D eigenvalue weighted by atomic mass is 16.5. The molecule has 3 aromatic rings. The third-order valence-corrected chi connectivity index (χ3v) is 4.01. The minimum atomic E-state index is -0.184. The zero-order valence-corrected chi connectivity index (χ0v) is 14.7. The molecule has 25 heavy (non-hydrogen) atoms. The summed E-state index contributed by atoms with van der Waals surface area (Å²) in [6.07, 6.45) is 1.87. The number of ether oxygens (including phenoxy) is 1. The van der Waals surface area contributed by atoms with Crippen LogP contribution in [0.25, 0.3) is 10.8 Å². The van der Waals surface area contributed by atoms with Crippen LogP contribution in [-0.2, 0) is 6.54 Å². The lowest BCUT2D eigenvalue weighted by molar-refractivity contribution is 0.102. The molecule has 0 unspecified atom stereocenters. The van der Waals surface area contributed by atoms with E-state index in [1.165, 1.54) is 0 Å². The monoisotopic (exact) mass is 338 g/mol. The fraction of sp³-hybridized carbons (Fsp3) is 0.263. The van der Waals surface area contributed by atoms with Crippen molar-refractivity contribution in [1.29, 1.82) is 0 Å². The molecule has 6 nitrogen and oxygen atoms in total. The number of rotatable bonds is 6. The summed E-state index contributed by atoms with van der Waals surface area (Å²) in [5.74, 6) is 1.11. The normalized spacial score (nSPS) is 11.0. The van der Waals surface area contributed by atoms with Crippen LogP contribution in [0.3, 0.4) is 0 Å². The largest absolute Gasteiger partial charge is 0.496 e. The zero-order chi connectivity index (χ0) is 17.8. The number of benzene rings is 2. The van der Waals surface area contributed by atoms with Gasteiger partial charge in [-0.15, -0.1) is 0 Å². The number of hydrogen-bond acceptors (Lipinski definition) is 4. The third-order valence-electron chi connectivity index (χ3n) is 4.01. The SMILES string of the molecule is COc1ccc(C(=O)Nc2ccn(CCN(C)C)n2)c2ccccc12. The highest BCUT2D eigenvalue weighted by Gasteiger charge is 2.14. The van der Waals surface area contributed by atoms with Crippen molar-refractivity contribution in [2.75, 3.05) is 33.1 Å². The first-order valence-electron chi connectivity index (χ1n) is 8.14. The van der Waals surface area contributed by atoms with E-state index in [1.54, 1.807) is 19.2 Å². The maximum absolute atomic E-state index is 12.7. The van der Waals surface area contributed by atoms with E-state index in [2.05, 4.69) is 15.3 Å². The number of carbonyl (C=O) groups is 1. The Labute approximate surface area is 147 Å². The summed E-state index contributed by atoms with van der Waals surface area (Å²) in [6.45, 7) is 1.66. The fourth-order valence-electron chi connectivity index (χ4n) is 2.69. The van der Waals surface area contributed by atoms with Crippen molar-refractivity contribution in [1.82, 2.24) is 14.7 Å². The maximum atomic E-state index is 12.7. The molecule has 6 heteroatoms. The Bertz CT molecular complexity index is 886. The summed E-state index contributed by atoms with van der Waals surface area (Å²) in [6, 6.07) is 13.1. The molecular weight excluding hydrogens is 316 g/mol. The van der Waals surface area contributed by atoms with E-state index in [9.17, 15) is 4.79 Å². The van der Waals surface area contributed by atoms with Crippen molar-refractivity contribution in [3.63, 3.8) is 0 Å². The molecule has 0 radical (unpaired) electrons. The second-order valence-electron chi connectivity index (χ2n) is 6.08. The Hall–Kier alpha value is -2.86. The molecule has 1 heterocycles. The summed E-state index contributed by atoms with van der Waals surface area (Å²) >= 11 is 0. The van der Waals surface area contributed by atoms with Gasteiger partial charge >= 0.3 is 0 Å². The van der Waals surface area contributed by atoms with E-state index in [1.807, 2.05) is 55.3 Å². The number of nitrogens with zero attached hydrogens (tertiary/aromatic N) is 3. The zero-order valence-electron chi connectivity index (χ0n) is 14.7. The Kier molecular flexibility index (Phi) is 5.00. The van der Waals surface area contributed by atoms with Gasteiger partial charge in [-0.25, -0.2) is 0 Å². The maximum Gasteiger partial charge on any atom is 0.257 e. The minimum Gasteiger partial charge on any atom is -0.496 e. The standard InChI is InChI=1S/C19H22N4O2/c1-22(2)12-13-23-11-10-18(21-23)20-19(24)16-8-9-17(25-3)15-7-5-4-6-14(15)16/h4-11H,12-13H2,1-3H3,(H,20,21,24). The first-order valence-corrected chi connectivity index (χ1v) is 8.14. The van der Waals surface area contributed by atoms with Crippen LogP contribution in [0.1, 0.15) is 10.4 Å². The molecule has 3 rings (SSSR count). The van der Waals surface area contributed by atoms with E-state index >= 15 is 0 Å². The lowest BCUT2D eigenvalue weighted by Crippen LogP contribution is -2.19. The Morgan fingerprint density at radius 1 is 1.16 bits per heavy atom. The van der Waals surface area contributed by atoms with Gasteiger partial charge in [0.05, 0.1) is 13.7 Å². The molecule has 0 fully saturated rings. The van der Waals surface area contributed by atoms with Gasteiger partial charge in [-0.05, 0) is 31.6 Å². The van der Waals surface area contributed by atoms with Crippen molar-refractivity contribution < 1.29 is 9.53 Å². The van der Waals surface area contributed by atoms with Gasteiger partial charge in [0.15, 0.2) is 5.82 Å². The van der Waals surface area contributed by atoms with Gasteiger partial charge in [0.1, 0.15) is 5.75 Å². The van der Waals surface area contributed by atoms with Crippen LogP contribution in [-0.4, -0.2) is 48.3 Å². The number of methoxy groups -OCH3 is 1. The van der Waals surface area contributed by atoms with Gasteiger partial charge in [0.2, 0.25) is 0 Å². The minimum absolute atomic E-state index is 0.184. The van der Waals surface area contributed by atoms with E-state index in [-0.39, 0.29) is 5.91 Å². The summed E-state index contributed by atoms with van der Waals surface area (Å²) in [4.78, 5) is 14.8. The van der Waals surface area contributed by atoms with Gasteiger partial charge in [-0.1, -0.05) is 24.3 Å². The topological polar surface area (TPSA) is 59.4 Å². The quantitative estimate of drug-likeness (QED) is 0.751. The number of nitrogens with one attached hydrogen (secondary N) is 1. The number of carbonyl (C=O) groups excluding carboxylic acids is 1. The van der Waals surface area contributed by atoms with Crippen LogP contribution in [0.2, 0.25) is 0 Å². The molecule has 1 amide bonds. The van der Waals surface area contributed by atoms with E-state index < -0.39 is 0 Å². The van der Waals surface area contributed by atoms with Crippen LogP contribution < -0.4 is 10.1 Å². The van der Waals surface area contributed by atoms with Crippen LogP contribution in [0, 0.1) is 0 Å². The summed E-state index contributed by atoms with van der Waals surface area (Å²) in [5.41, 5.74) is 0.597. The van der Waals surface area contributed by atoms with Crippen molar-refractivity contribution in [2.24, 2.45) is 0 Å². The van der Waals surface area contributed by atoms with E-state index in [0.717, 1.165) is 29.6 Å². The van der Waals surface area contributed by atoms with Crippen molar-refractivity contribution in [2.45, 2.75) is 6.54 Å². The van der Waals surface area contributed by atoms with Crippen LogP contribution >= 0.6 is 0 Å². The van der Waals surface area contributed by atoms with Crippen molar-refractivity contribution in [3.8, 4) is 5.75 Å². The average Bonchev–Trinajstić information content (AvgIpc) is 3.06. The Morgan fingerprint density at radius 2 is 1.92 bits per heavy atom. The van der Waals surface area contributed by atoms with E-state index in [0.29, 0.717) is 11.4 Å². The lowest BCUT2D eigenvalue weighted by Gasteiger charge is -2.10. The predicted octanol–water partition coefficient (Wildman–Crippen LogP) is 2.86. The Morgan fingerprint density at radius 3 is 2.64 bits per heavy atom. The van der Waals surface area contributed by atoms with Crippen molar-refractivity contribution in [3.05, 3.63) is 54.2 Å². The Balaban J connectivity index is 1.81. The molecule has 130 valence electrons. The molecule has 1 aromatic heterocycles. The van der Waals surface area contributed by atoms with Gasteiger partial charge in [-0.3, -0.25) is 9.48 Å². The smallest absolute Gasteiger partial charge is 0.257 e. The number of fused-ring (bicyclic) bond motifs is 1. The van der Waals surface area contributed by atoms with Gasteiger partial charge in [-0.2, -0.15) is 5.10 Å². The molecule has 0 aliphatic carbocycles. The molecule has 0 bridgehead atoms. The first kappa shape index (κ1) is 17.0. The van der Waals surface area contributed by atoms with Gasteiger partial charge < -0.3 is 15.0 Å². The third kappa shape index (κ3) is 3.80. The summed E-state index contributed by atoms with van der Waals surface area (Å²) < 4.78 is 7.20. The highest BCUT2D eigenvalue weighted by molar-refractivity contribution is 6.13. The second-order valence-corrected chi connectivity index (χ2v) is 6.08. The second kappa shape index (κ2) is 7.36. The average molecular weight is 338 g/mol. The molecule has 0 saturated heterocycles. The number of likely N-dealkylation sites (N-methyl/N-ethyl adjacent to an activating group) is 1. The lowest BCUT2D eigenvalue weighted by atomic mass is 10.0. The van der Waals surface area contributed by atoms with Gasteiger partial charge in [0, 0.05) is 29.8 Å².